The summed E-state index contributed by atoms with van der Waals surface area (Å²) >= 11 is 0. The topological polar surface area (TPSA) is 40.5 Å². The SMILES string of the molecule is C=CCC=C.OCCCCCCCCO. The summed E-state index contributed by atoms with van der Waals surface area (Å²) in [6.07, 6.45) is 11.0. The smallest absolute Gasteiger partial charge is 0.0431 e. The summed E-state index contributed by atoms with van der Waals surface area (Å²) in [6.45, 7) is 7.60. The highest BCUT2D eigenvalue weighted by Gasteiger charge is 1.88. The van der Waals surface area contributed by atoms with Crippen LogP contribution in [0.1, 0.15) is 44.9 Å². The molecule has 0 heterocycles. The van der Waals surface area contributed by atoms with E-state index < -0.39 is 0 Å². The van der Waals surface area contributed by atoms with Crippen LogP contribution in [-0.4, -0.2) is 23.4 Å². The van der Waals surface area contributed by atoms with Crippen LogP contribution in [-0.2, 0) is 0 Å². The van der Waals surface area contributed by atoms with Gasteiger partial charge in [-0.05, 0) is 19.3 Å². The Balaban J connectivity index is 0. The van der Waals surface area contributed by atoms with E-state index >= 15 is 0 Å². The average molecular weight is 214 g/mol. The molecule has 0 saturated heterocycles. The van der Waals surface area contributed by atoms with Crippen molar-refractivity contribution in [3.8, 4) is 0 Å². The lowest BCUT2D eigenvalue weighted by Crippen LogP contribution is -1.85. The maximum absolute atomic E-state index is 8.43. The monoisotopic (exact) mass is 214 g/mol. The highest BCUT2D eigenvalue weighted by atomic mass is 16.3. The molecular weight excluding hydrogens is 188 g/mol. The molecule has 0 fully saturated rings. The highest BCUT2D eigenvalue weighted by molar-refractivity contribution is 4.79. The molecule has 0 amide bonds. The molecule has 0 aromatic rings. The molecule has 0 unspecified atom stereocenters. The molecule has 0 aliphatic rings. The predicted octanol–water partition coefficient (Wildman–Crippen LogP) is 3.06. The van der Waals surface area contributed by atoms with Crippen molar-refractivity contribution in [1.29, 1.82) is 0 Å². The van der Waals surface area contributed by atoms with E-state index in [-0.39, 0.29) is 0 Å². The Labute approximate surface area is 94.3 Å². The molecule has 2 nitrogen and oxygen atoms in total. The van der Waals surface area contributed by atoms with Crippen molar-refractivity contribution in [2.24, 2.45) is 0 Å². The van der Waals surface area contributed by atoms with E-state index in [1.165, 1.54) is 12.8 Å². The fourth-order valence-electron chi connectivity index (χ4n) is 1.05. The van der Waals surface area contributed by atoms with Crippen LogP contribution in [0.15, 0.2) is 25.3 Å². The van der Waals surface area contributed by atoms with E-state index in [2.05, 4.69) is 13.2 Å². The summed E-state index contributed by atoms with van der Waals surface area (Å²) in [5, 5.41) is 16.9. The lowest BCUT2D eigenvalue weighted by Gasteiger charge is -1.97. The van der Waals surface area contributed by atoms with Gasteiger partial charge in [0.2, 0.25) is 0 Å². The number of rotatable bonds is 9. The van der Waals surface area contributed by atoms with Gasteiger partial charge in [0.25, 0.3) is 0 Å². The lowest BCUT2D eigenvalue weighted by atomic mass is 10.1. The minimum Gasteiger partial charge on any atom is -0.396 e. The Kier molecular flexibility index (Phi) is 21.4. The lowest BCUT2D eigenvalue weighted by molar-refractivity contribution is 0.275. The van der Waals surface area contributed by atoms with E-state index in [9.17, 15) is 0 Å². The number of aliphatic hydroxyl groups is 2. The van der Waals surface area contributed by atoms with Crippen molar-refractivity contribution >= 4 is 0 Å². The number of hydrogen-bond acceptors (Lipinski definition) is 2. The summed E-state index contributed by atoms with van der Waals surface area (Å²) in [5.41, 5.74) is 0. The quantitative estimate of drug-likeness (QED) is 0.457. The van der Waals surface area contributed by atoms with E-state index in [1.807, 2.05) is 12.2 Å². The second-order valence-electron chi connectivity index (χ2n) is 3.38. The van der Waals surface area contributed by atoms with Gasteiger partial charge in [-0.3, -0.25) is 0 Å². The maximum atomic E-state index is 8.43. The summed E-state index contributed by atoms with van der Waals surface area (Å²) in [5.74, 6) is 0. The van der Waals surface area contributed by atoms with Gasteiger partial charge in [-0.1, -0.05) is 37.8 Å². The molecule has 0 atom stereocenters. The third-order valence-electron chi connectivity index (χ3n) is 1.90. The molecule has 0 bridgehead atoms. The molecule has 0 aliphatic heterocycles. The largest absolute Gasteiger partial charge is 0.396 e. The van der Waals surface area contributed by atoms with E-state index in [0.717, 1.165) is 32.1 Å². The number of hydrogen-bond donors (Lipinski definition) is 2. The second kappa shape index (κ2) is 19.0. The molecule has 0 aliphatic carbocycles. The molecule has 0 aromatic heterocycles. The van der Waals surface area contributed by atoms with Gasteiger partial charge >= 0.3 is 0 Å². The molecule has 2 N–H and O–H groups in total. The predicted molar refractivity (Wildman–Crippen MR) is 66.9 cm³/mol. The van der Waals surface area contributed by atoms with Crippen molar-refractivity contribution < 1.29 is 10.2 Å². The molecule has 0 rings (SSSR count). The normalized spacial score (nSPS) is 8.93. The Hall–Kier alpha value is -0.600. The van der Waals surface area contributed by atoms with Crippen LogP contribution in [0.3, 0.4) is 0 Å². The second-order valence-corrected chi connectivity index (χ2v) is 3.38. The van der Waals surface area contributed by atoms with Crippen LogP contribution in [0.4, 0.5) is 0 Å². The third-order valence-corrected chi connectivity index (χ3v) is 1.90. The van der Waals surface area contributed by atoms with Gasteiger partial charge in [0.05, 0.1) is 0 Å². The first-order valence-corrected chi connectivity index (χ1v) is 5.77. The van der Waals surface area contributed by atoms with Crippen LogP contribution in [0.5, 0.6) is 0 Å². The molecule has 0 saturated carbocycles. The van der Waals surface area contributed by atoms with Crippen molar-refractivity contribution in [3.63, 3.8) is 0 Å². The number of aliphatic hydroxyl groups excluding tert-OH is 2. The van der Waals surface area contributed by atoms with Gasteiger partial charge in [0, 0.05) is 13.2 Å². The standard InChI is InChI=1S/C8H18O2.C5H8/c9-7-5-3-1-2-4-6-8-10;1-3-5-4-2/h9-10H,1-8H2;3-4H,1-2,5H2. The van der Waals surface area contributed by atoms with Crippen LogP contribution >= 0.6 is 0 Å². The fraction of sp³-hybridized carbons (Fsp3) is 0.692. The zero-order valence-corrected chi connectivity index (χ0v) is 9.83. The molecule has 0 radical (unpaired) electrons. The Morgan fingerprint density at radius 2 is 1.00 bits per heavy atom. The summed E-state index contributed by atoms with van der Waals surface area (Å²) in [7, 11) is 0. The number of allylic oxidation sites excluding steroid dienone is 2. The average Bonchev–Trinajstić information content (AvgIpc) is 2.25. The van der Waals surface area contributed by atoms with Crippen LogP contribution < -0.4 is 0 Å². The number of unbranched alkanes of at least 4 members (excludes halogenated alkanes) is 5. The van der Waals surface area contributed by atoms with Crippen LogP contribution in [0.2, 0.25) is 0 Å². The van der Waals surface area contributed by atoms with Crippen molar-refractivity contribution in [2.45, 2.75) is 44.9 Å². The molecule has 90 valence electrons. The van der Waals surface area contributed by atoms with Crippen molar-refractivity contribution in [2.75, 3.05) is 13.2 Å². The Morgan fingerprint density at radius 1 is 0.667 bits per heavy atom. The van der Waals surface area contributed by atoms with Gasteiger partial charge in [0.1, 0.15) is 0 Å². The van der Waals surface area contributed by atoms with Gasteiger partial charge in [-0.2, -0.15) is 0 Å². The summed E-state index contributed by atoms with van der Waals surface area (Å²) in [6, 6.07) is 0. The minimum atomic E-state index is 0.319. The maximum Gasteiger partial charge on any atom is 0.0431 e. The first-order valence-electron chi connectivity index (χ1n) is 5.77. The Bertz CT molecular complexity index is 108. The van der Waals surface area contributed by atoms with Crippen molar-refractivity contribution in [1.82, 2.24) is 0 Å². The van der Waals surface area contributed by atoms with Gasteiger partial charge < -0.3 is 10.2 Å². The van der Waals surface area contributed by atoms with Gasteiger partial charge in [-0.25, -0.2) is 0 Å². The van der Waals surface area contributed by atoms with E-state index in [0.29, 0.717) is 13.2 Å². The molecular formula is C13H26O2. The van der Waals surface area contributed by atoms with Gasteiger partial charge in [0.15, 0.2) is 0 Å². The third kappa shape index (κ3) is 24.7. The highest BCUT2D eigenvalue weighted by Crippen LogP contribution is 2.03. The zero-order chi connectivity index (χ0) is 11.8. The first-order chi connectivity index (χ1) is 7.33. The molecule has 15 heavy (non-hydrogen) atoms. The fourth-order valence-corrected chi connectivity index (χ4v) is 1.05. The first kappa shape index (κ1) is 16.8. The molecule has 2 heteroatoms. The van der Waals surface area contributed by atoms with E-state index in [1.54, 1.807) is 0 Å². The minimum absolute atomic E-state index is 0.319. The summed E-state index contributed by atoms with van der Waals surface area (Å²) < 4.78 is 0. The Morgan fingerprint density at radius 3 is 1.20 bits per heavy atom. The zero-order valence-electron chi connectivity index (χ0n) is 9.83. The summed E-state index contributed by atoms with van der Waals surface area (Å²) in [4.78, 5) is 0. The molecule has 0 spiro atoms. The van der Waals surface area contributed by atoms with Crippen molar-refractivity contribution in [3.05, 3.63) is 25.3 Å². The molecule has 0 aromatic carbocycles. The van der Waals surface area contributed by atoms with E-state index in [4.69, 9.17) is 10.2 Å². The van der Waals surface area contributed by atoms with Crippen LogP contribution in [0, 0.1) is 0 Å². The van der Waals surface area contributed by atoms with Gasteiger partial charge in [-0.15, -0.1) is 13.2 Å². The van der Waals surface area contributed by atoms with Crippen LogP contribution in [0.25, 0.3) is 0 Å².